The van der Waals surface area contributed by atoms with Crippen LogP contribution in [-0.2, 0) is 0 Å². The van der Waals surface area contributed by atoms with Crippen LogP contribution in [0.2, 0.25) is 0 Å². The molecular weight excluding hydrogens is 186 g/mol. The maximum absolute atomic E-state index is 8.05. The maximum Gasteiger partial charge on any atom is 0.0924 e. The first kappa shape index (κ1) is 9.65. The molecule has 0 fully saturated rings. The lowest BCUT2D eigenvalue weighted by atomic mass is 9.98. The summed E-state index contributed by atoms with van der Waals surface area (Å²) in [6, 6.07) is 5.99. The summed E-state index contributed by atoms with van der Waals surface area (Å²) in [5.74, 6) is 0. The third-order valence-corrected chi connectivity index (χ3v) is 2.64. The van der Waals surface area contributed by atoms with Gasteiger partial charge in [-0.25, -0.2) is 4.98 Å². The van der Waals surface area contributed by atoms with Crippen molar-refractivity contribution in [1.82, 2.24) is 9.97 Å². The molecule has 3 heteroatoms. The predicted octanol–water partition coefficient (Wildman–Crippen LogP) is 2.44. The highest BCUT2D eigenvalue weighted by molar-refractivity contribution is 6.10. The van der Waals surface area contributed by atoms with Crippen molar-refractivity contribution in [3.8, 4) is 0 Å². The minimum Gasteiger partial charge on any atom is -0.343 e. The van der Waals surface area contributed by atoms with Crippen molar-refractivity contribution in [1.29, 1.82) is 5.41 Å². The van der Waals surface area contributed by atoms with E-state index in [1.807, 2.05) is 19.1 Å². The Morgan fingerprint density at radius 3 is 2.80 bits per heavy atom. The summed E-state index contributed by atoms with van der Waals surface area (Å²) >= 11 is 0. The number of benzene rings is 1. The topological polar surface area (TPSA) is 52.5 Å². The van der Waals surface area contributed by atoms with Gasteiger partial charge >= 0.3 is 0 Å². The first-order valence-electron chi connectivity index (χ1n) is 4.84. The Hall–Kier alpha value is -1.90. The molecule has 1 aromatic carbocycles. The average Bonchev–Trinajstić information content (AvgIpc) is 2.74. The summed E-state index contributed by atoms with van der Waals surface area (Å²) in [5, 5.41) is 8.05. The van der Waals surface area contributed by atoms with E-state index in [1.54, 1.807) is 12.5 Å². The molecule has 2 aromatic rings. The zero-order valence-corrected chi connectivity index (χ0v) is 8.83. The monoisotopic (exact) mass is 199 g/mol. The third-order valence-electron chi connectivity index (χ3n) is 2.64. The lowest BCUT2D eigenvalue weighted by molar-refractivity contribution is 1.28. The quantitative estimate of drug-likeness (QED) is 0.717. The molecule has 0 radical (unpaired) electrons. The SMILES string of the molecule is Cc1cccc(C(=N)c2cnc[nH]2)c1C. The van der Waals surface area contributed by atoms with Gasteiger partial charge in [0.25, 0.3) is 0 Å². The van der Waals surface area contributed by atoms with E-state index in [0.29, 0.717) is 5.71 Å². The zero-order chi connectivity index (χ0) is 10.8. The molecule has 0 spiro atoms. The zero-order valence-electron chi connectivity index (χ0n) is 8.83. The first-order chi connectivity index (χ1) is 7.20. The van der Waals surface area contributed by atoms with Crippen molar-refractivity contribution in [2.45, 2.75) is 13.8 Å². The number of H-pyrrole nitrogens is 1. The minimum atomic E-state index is 0.494. The number of nitrogens with zero attached hydrogens (tertiary/aromatic N) is 1. The van der Waals surface area contributed by atoms with Crippen LogP contribution in [0.15, 0.2) is 30.7 Å². The lowest BCUT2D eigenvalue weighted by Gasteiger charge is -2.08. The van der Waals surface area contributed by atoms with Crippen LogP contribution >= 0.6 is 0 Å². The van der Waals surface area contributed by atoms with Crippen LogP contribution < -0.4 is 0 Å². The molecule has 76 valence electrons. The van der Waals surface area contributed by atoms with Crippen LogP contribution in [0.4, 0.5) is 0 Å². The van der Waals surface area contributed by atoms with Gasteiger partial charge in [0.2, 0.25) is 0 Å². The average molecular weight is 199 g/mol. The second kappa shape index (κ2) is 3.69. The van der Waals surface area contributed by atoms with E-state index in [9.17, 15) is 0 Å². The number of aryl methyl sites for hydroxylation is 1. The Balaban J connectivity index is 2.47. The fourth-order valence-electron chi connectivity index (χ4n) is 1.56. The molecule has 0 saturated carbocycles. The predicted molar refractivity (Wildman–Crippen MR) is 60.4 cm³/mol. The van der Waals surface area contributed by atoms with E-state index in [1.165, 1.54) is 5.56 Å². The number of aromatic nitrogens is 2. The summed E-state index contributed by atoms with van der Waals surface area (Å²) in [6.07, 6.45) is 3.26. The Labute approximate surface area is 88.7 Å². The molecule has 3 nitrogen and oxygen atoms in total. The molecule has 0 atom stereocenters. The molecule has 15 heavy (non-hydrogen) atoms. The Morgan fingerprint density at radius 1 is 1.33 bits per heavy atom. The maximum atomic E-state index is 8.05. The van der Waals surface area contributed by atoms with E-state index in [2.05, 4.69) is 23.0 Å². The summed E-state index contributed by atoms with van der Waals surface area (Å²) in [4.78, 5) is 6.87. The van der Waals surface area contributed by atoms with E-state index in [4.69, 9.17) is 5.41 Å². The van der Waals surface area contributed by atoms with Crippen molar-refractivity contribution in [3.05, 3.63) is 53.1 Å². The Morgan fingerprint density at radius 2 is 2.13 bits per heavy atom. The van der Waals surface area contributed by atoms with Gasteiger partial charge < -0.3 is 4.98 Å². The second-order valence-electron chi connectivity index (χ2n) is 3.59. The van der Waals surface area contributed by atoms with Gasteiger partial charge in [0, 0.05) is 5.56 Å². The van der Waals surface area contributed by atoms with Gasteiger partial charge in [0.05, 0.1) is 23.9 Å². The number of aromatic amines is 1. The third kappa shape index (κ3) is 1.68. The number of imidazole rings is 1. The van der Waals surface area contributed by atoms with Crippen LogP contribution in [0.3, 0.4) is 0 Å². The summed E-state index contributed by atoms with van der Waals surface area (Å²) in [5.41, 5.74) is 4.56. The van der Waals surface area contributed by atoms with Gasteiger partial charge in [-0.1, -0.05) is 18.2 Å². The van der Waals surface area contributed by atoms with Gasteiger partial charge in [-0.3, -0.25) is 5.41 Å². The standard InChI is InChI=1S/C12H13N3/c1-8-4-3-5-10(9(8)2)12(13)11-6-14-7-15-11/h3-7,13H,1-2H3,(H,14,15). The summed E-state index contributed by atoms with van der Waals surface area (Å²) in [7, 11) is 0. The van der Waals surface area contributed by atoms with Crippen LogP contribution in [0.1, 0.15) is 22.4 Å². The Bertz CT molecular complexity index is 484. The van der Waals surface area contributed by atoms with E-state index in [0.717, 1.165) is 16.8 Å². The molecule has 0 bridgehead atoms. The minimum absolute atomic E-state index is 0.494. The lowest BCUT2D eigenvalue weighted by Crippen LogP contribution is -2.04. The molecular formula is C12H13N3. The molecule has 1 heterocycles. The van der Waals surface area contributed by atoms with Gasteiger partial charge in [-0.15, -0.1) is 0 Å². The van der Waals surface area contributed by atoms with Crippen LogP contribution in [-0.4, -0.2) is 15.7 Å². The summed E-state index contributed by atoms with van der Waals surface area (Å²) < 4.78 is 0. The van der Waals surface area contributed by atoms with E-state index >= 15 is 0 Å². The fraction of sp³-hybridized carbons (Fsp3) is 0.167. The summed E-state index contributed by atoms with van der Waals surface area (Å²) in [6.45, 7) is 4.09. The van der Waals surface area contributed by atoms with Crippen molar-refractivity contribution >= 4 is 5.71 Å². The van der Waals surface area contributed by atoms with E-state index < -0.39 is 0 Å². The molecule has 2 rings (SSSR count). The van der Waals surface area contributed by atoms with Gasteiger partial charge in [-0.05, 0) is 25.0 Å². The van der Waals surface area contributed by atoms with Crippen molar-refractivity contribution in [3.63, 3.8) is 0 Å². The molecule has 0 aliphatic carbocycles. The number of nitrogens with one attached hydrogen (secondary N) is 2. The second-order valence-corrected chi connectivity index (χ2v) is 3.59. The highest BCUT2D eigenvalue weighted by atomic mass is 14.9. The largest absolute Gasteiger partial charge is 0.343 e. The van der Waals surface area contributed by atoms with Gasteiger partial charge in [0.1, 0.15) is 0 Å². The molecule has 2 N–H and O–H groups in total. The normalized spacial score (nSPS) is 10.3. The smallest absolute Gasteiger partial charge is 0.0924 e. The van der Waals surface area contributed by atoms with Crippen molar-refractivity contribution in [2.24, 2.45) is 0 Å². The molecule has 0 aliphatic rings. The number of hydrogen-bond acceptors (Lipinski definition) is 2. The highest BCUT2D eigenvalue weighted by Gasteiger charge is 2.09. The van der Waals surface area contributed by atoms with Gasteiger partial charge in [-0.2, -0.15) is 0 Å². The highest BCUT2D eigenvalue weighted by Crippen LogP contribution is 2.15. The molecule has 0 unspecified atom stereocenters. The van der Waals surface area contributed by atoms with Crippen LogP contribution in [0.5, 0.6) is 0 Å². The van der Waals surface area contributed by atoms with Gasteiger partial charge in [0.15, 0.2) is 0 Å². The molecule has 0 aliphatic heterocycles. The van der Waals surface area contributed by atoms with E-state index in [-0.39, 0.29) is 0 Å². The first-order valence-corrected chi connectivity index (χ1v) is 4.84. The number of rotatable bonds is 2. The van der Waals surface area contributed by atoms with Crippen LogP contribution in [0, 0.1) is 19.3 Å². The molecule has 1 aromatic heterocycles. The molecule has 0 amide bonds. The fourth-order valence-corrected chi connectivity index (χ4v) is 1.56. The van der Waals surface area contributed by atoms with Crippen molar-refractivity contribution < 1.29 is 0 Å². The molecule has 0 saturated heterocycles. The van der Waals surface area contributed by atoms with Crippen LogP contribution in [0.25, 0.3) is 0 Å². The Kier molecular flexibility index (Phi) is 2.37. The van der Waals surface area contributed by atoms with Crippen molar-refractivity contribution in [2.75, 3.05) is 0 Å². The number of hydrogen-bond donors (Lipinski definition) is 2.